The van der Waals surface area contributed by atoms with E-state index in [0.29, 0.717) is 5.56 Å². The molecule has 1 fully saturated rings. The molecule has 1 saturated carbocycles. The first-order chi connectivity index (χ1) is 9.00. The third-order valence-electron chi connectivity index (χ3n) is 4.11. The molecule has 19 heavy (non-hydrogen) atoms. The lowest BCUT2D eigenvalue weighted by molar-refractivity contribution is -0.136. The van der Waals surface area contributed by atoms with Crippen LogP contribution < -0.4 is 5.73 Å². The molecule has 1 amide bonds. The monoisotopic (exact) mass is 264 g/mol. The maximum atomic E-state index is 13.7. The lowest BCUT2D eigenvalue weighted by Crippen LogP contribution is -2.35. The van der Waals surface area contributed by atoms with E-state index in [0.717, 1.165) is 19.3 Å². The predicted octanol–water partition coefficient (Wildman–Crippen LogP) is 2.47. The van der Waals surface area contributed by atoms with Crippen LogP contribution in [0.1, 0.15) is 37.8 Å². The van der Waals surface area contributed by atoms with Gasteiger partial charge in [-0.25, -0.2) is 4.39 Å². The molecular weight excluding hydrogens is 243 g/mol. The summed E-state index contributed by atoms with van der Waals surface area (Å²) in [5.74, 6) is -0.198. The van der Waals surface area contributed by atoms with Gasteiger partial charge in [0.1, 0.15) is 5.82 Å². The van der Waals surface area contributed by atoms with E-state index in [1.165, 1.54) is 6.07 Å². The summed E-state index contributed by atoms with van der Waals surface area (Å²) in [6.07, 6.45) is 2.49. The Bertz CT molecular complexity index is 463. The standard InChI is InChI=1S/C15H21FN2O/c1-10(13-5-3-4-6-14(13)16)18(2)15(19)11-7-8-12(17)9-11/h3-6,10-12H,7-9,17H2,1-2H3/t10-,11+,12+/m1/s1. The predicted molar refractivity (Wildman–Crippen MR) is 72.9 cm³/mol. The quantitative estimate of drug-likeness (QED) is 0.911. The molecule has 0 unspecified atom stereocenters. The summed E-state index contributed by atoms with van der Waals surface area (Å²) in [6.45, 7) is 1.85. The molecule has 1 aromatic carbocycles. The number of carbonyl (C=O) groups is 1. The Hall–Kier alpha value is -1.42. The Morgan fingerprint density at radius 1 is 1.42 bits per heavy atom. The van der Waals surface area contributed by atoms with Gasteiger partial charge in [-0.05, 0) is 32.3 Å². The molecule has 1 aliphatic rings. The normalized spacial score (nSPS) is 24.2. The molecule has 3 nitrogen and oxygen atoms in total. The van der Waals surface area contributed by atoms with Gasteiger partial charge in [0.2, 0.25) is 5.91 Å². The minimum atomic E-state index is -0.266. The zero-order chi connectivity index (χ0) is 14.0. The van der Waals surface area contributed by atoms with Crippen LogP contribution >= 0.6 is 0 Å². The number of halogens is 1. The summed E-state index contributed by atoms with van der Waals surface area (Å²) in [5.41, 5.74) is 6.40. The lowest BCUT2D eigenvalue weighted by Gasteiger charge is -2.28. The van der Waals surface area contributed by atoms with Crippen LogP contribution in [-0.2, 0) is 4.79 Å². The molecule has 2 rings (SSSR count). The van der Waals surface area contributed by atoms with Gasteiger partial charge in [0.25, 0.3) is 0 Å². The van der Waals surface area contributed by atoms with Crippen LogP contribution in [0.3, 0.4) is 0 Å². The second-order valence-electron chi connectivity index (χ2n) is 5.42. The highest BCUT2D eigenvalue weighted by molar-refractivity contribution is 5.79. The average molecular weight is 264 g/mol. The fourth-order valence-corrected chi connectivity index (χ4v) is 2.74. The molecule has 3 atom stereocenters. The van der Waals surface area contributed by atoms with Crippen LogP contribution in [0.25, 0.3) is 0 Å². The smallest absolute Gasteiger partial charge is 0.225 e. The number of hydrogen-bond acceptors (Lipinski definition) is 2. The average Bonchev–Trinajstić information content (AvgIpc) is 2.83. The van der Waals surface area contributed by atoms with Crippen molar-refractivity contribution in [1.29, 1.82) is 0 Å². The topological polar surface area (TPSA) is 46.3 Å². The summed E-state index contributed by atoms with van der Waals surface area (Å²) < 4.78 is 13.7. The van der Waals surface area contributed by atoms with Crippen LogP contribution in [0.4, 0.5) is 4.39 Å². The molecular formula is C15H21FN2O. The number of hydrogen-bond donors (Lipinski definition) is 1. The maximum absolute atomic E-state index is 13.7. The molecule has 0 aliphatic heterocycles. The summed E-state index contributed by atoms with van der Waals surface area (Å²) in [5, 5.41) is 0. The van der Waals surface area contributed by atoms with E-state index in [-0.39, 0.29) is 29.7 Å². The van der Waals surface area contributed by atoms with Gasteiger partial charge in [0.05, 0.1) is 6.04 Å². The van der Waals surface area contributed by atoms with E-state index < -0.39 is 0 Å². The van der Waals surface area contributed by atoms with Crippen molar-refractivity contribution in [3.05, 3.63) is 35.6 Å². The van der Waals surface area contributed by atoms with Gasteiger partial charge < -0.3 is 10.6 Å². The zero-order valence-corrected chi connectivity index (χ0v) is 11.5. The van der Waals surface area contributed by atoms with Gasteiger partial charge in [-0.3, -0.25) is 4.79 Å². The van der Waals surface area contributed by atoms with Gasteiger partial charge in [0, 0.05) is 24.6 Å². The first-order valence-corrected chi connectivity index (χ1v) is 6.77. The Kier molecular flexibility index (Phi) is 4.20. The molecule has 2 N–H and O–H groups in total. The van der Waals surface area contributed by atoms with Crippen LogP contribution in [0.15, 0.2) is 24.3 Å². The lowest BCUT2D eigenvalue weighted by atomic mass is 10.0. The molecule has 104 valence electrons. The molecule has 0 aromatic heterocycles. The van der Waals surface area contributed by atoms with Crippen molar-refractivity contribution in [1.82, 2.24) is 4.90 Å². The Labute approximate surface area is 113 Å². The number of nitrogens with zero attached hydrogens (tertiary/aromatic N) is 1. The van der Waals surface area contributed by atoms with E-state index in [9.17, 15) is 9.18 Å². The molecule has 0 saturated heterocycles. The molecule has 0 spiro atoms. The third kappa shape index (κ3) is 2.95. The van der Waals surface area contributed by atoms with Crippen molar-refractivity contribution in [2.24, 2.45) is 11.7 Å². The minimum absolute atomic E-state index is 0.00535. The summed E-state index contributed by atoms with van der Waals surface area (Å²) in [4.78, 5) is 14.0. The second-order valence-corrected chi connectivity index (χ2v) is 5.42. The molecule has 0 radical (unpaired) electrons. The highest BCUT2D eigenvalue weighted by atomic mass is 19.1. The van der Waals surface area contributed by atoms with Crippen molar-refractivity contribution in [2.45, 2.75) is 38.3 Å². The van der Waals surface area contributed by atoms with E-state index in [1.807, 2.05) is 6.92 Å². The number of benzene rings is 1. The minimum Gasteiger partial charge on any atom is -0.339 e. The molecule has 4 heteroatoms. The molecule has 0 bridgehead atoms. The number of nitrogens with two attached hydrogens (primary N) is 1. The SMILES string of the molecule is C[C@H](c1ccccc1F)N(C)C(=O)[C@H]1CC[C@H](N)C1. The fraction of sp³-hybridized carbons (Fsp3) is 0.533. The van der Waals surface area contributed by atoms with Crippen molar-refractivity contribution in [3.8, 4) is 0 Å². The fourth-order valence-electron chi connectivity index (χ4n) is 2.74. The highest BCUT2D eigenvalue weighted by Crippen LogP contribution is 2.29. The number of rotatable bonds is 3. The van der Waals surface area contributed by atoms with Gasteiger partial charge in [-0.1, -0.05) is 18.2 Å². The van der Waals surface area contributed by atoms with E-state index >= 15 is 0 Å². The second kappa shape index (κ2) is 5.70. The van der Waals surface area contributed by atoms with Gasteiger partial charge in [-0.2, -0.15) is 0 Å². The first-order valence-electron chi connectivity index (χ1n) is 6.77. The molecule has 1 aliphatic carbocycles. The van der Waals surface area contributed by atoms with Crippen molar-refractivity contribution in [3.63, 3.8) is 0 Å². The van der Waals surface area contributed by atoms with Crippen LogP contribution in [0.2, 0.25) is 0 Å². The van der Waals surface area contributed by atoms with E-state index in [2.05, 4.69) is 0 Å². The van der Waals surface area contributed by atoms with Crippen LogP contribution in [0, 0.1) is 11.7 Å². The van der Waals surface area contributed by atoms with E-state index in [1.54, 1.807) is 30.1 Å². The van der Waals surface area contributed by atoms with Crippen LogP contribution in [-0.4, -0.2) is 23.9 Å². The first kappa shape index (κ1) is 14.0. The van der Waals surface area contributed by atoms with Crippen molar-refractivity contribution >= 4 is 5.91 Å². The molecule has 1 aromatic rings. The van der Waals surface area contributed by atoms with Gasteiger partial charge >= 0.3 is 0 Å². The number of amides is 1. The summed E-state index contributed by atoms with van der Waals surface area (Å²) >= 11 is 0. The third-order valence-corrected chi connectivity index (χ3v) is 4.11. The van der Waals surface area contributed by atoms with Crippen molar-refractivity contribution in [2.75, 3.05) is 7.05 Å². The Morgan fingerprint density at radius 2 is 2.11 bits per heavy atom. The Balaban J connectivity index is 2.09. The largest absolute Gasteiger partial charge is 0.339 e. The van der Waals surface area contributed by atoms with Gasteiger partial charge in [0.15, 0.2) is 0 Å². The van der Waals surface area contributed by atoms with Crippen molar-refractivity contribution < 1.29 is 9.18 Å². The maximum Gasteiger partial charge on any atom is 0.225 e. The zero-order valence-electron chi connectivity index (χ0n) is 11.5. The Morgan fingerprint density at radius 3 is 2.68 bits per heavy atom. The molecule has 0 heterocycles. The van der Waals surface area contributed by atoms with Gasteiger partial charge in [-0.15, -0.1) is 0 Å². The summed E-state index contributed by atoms with van der Waals surface area (Å²) in [7, 11) is 1.74. The summed E-state index contributed by atoms with van der Waals surface area (Å²) in [6, 6.07) is 6.47. The van der Waals surface area contributed by atoms with Crippen LogP contribution in [0.5, 0.6) is 0 Å². The number of carbonyl (C=O) groups excluding carboxylic acids is 1. The van der Waals surface area contributed by atoms with E-state index in [4.69, 9.17) is 5.73 Å². The highest BCUT2D eigenvalue weighted by Gasteiger charge is 2.31.